The summed E-state index contributed by atoms with van der Waals surface area (Å²) < 4.78 is 9.76. The van der Waals surface area contributed by atoms with E-state index in [0.29, 0.717) is 22.7 Å². The second-order valence-electron chi connectivity index (χ2n) is 6.14. The van der Waals surface area contributed by atoms with Gasteiger partial charge in [-0.1, -0.05) is 12.1 Å². The summed E-state index contributed by atoms with van der Waals surface area (Å²) in [6.45, 7) is 3.49. The lowest BCUT2D eigenvalue weighted by molar-refractivity contribution is -0.142. The van der Waals surface area contributed by atoms with Gasteiger partial charge in [0.1, 0.15) is 5.75 Å². The van der Waals surface area contributed by atoms with Gasteiger partial charge in [0.25, 0.3) is 5.91 Å². The second-order valence-corrected chi connectivity index (χ2v) is 6.14. The molecule has 2 aromatic rings. The van der Waals surface area contributed by atoms with Crippen molar-refractivity contribution in [3.05, 3.63) is 54.1 Å². The molecule has 3 N–H and O–H groups in total. The molecule has 0 spiro atoms. The number of benzene rings is 2. The van der Waals surface area contributed by atoms with Gasteiger partial charge in [-0.2, -0.15) is 0 Å². The molecule has 148 valence electrons. The fourth-order valence-electron chi connectivity index (χ4n) is 2.24. The molecule has 0 saturated heterocycles. The molecule has 0 aliphatic rings. The maximum absolute atomic E-state index is 12.6. The van der Waals surface area contributed by atoms with E-state index in [0.717, 1.165) is 0 Å². The number of hydrogen-bond acceptors (Lipinski definition) is 5. The highest BCUT2D eigenvalue weighted by Gasteiger charge is 2.14. The van der Waals surface area contributed by atoms with E-state index in [1.54, 1.807) is 48.5 Å². The van der Waals surface area contributed by atoms with Crippen molar-refractivity contribution in [2.45, 2.75) is 19.9 Å². The Morgan fingerprint density at radius 3 is 2.29 bits per heavy atom. The van der Waals surface area contributed by atoms with Crippen LogP contribution in [0.25, 0.3) is 0 Å². The van der Waals surface area contributed by atoms with Crippen molar-refractivity contribution in [2.24, 2.45) is 0 Å². The quantitative estimate of drug-likeness (QED) is 0.635. The van der Waals surface area contributed by atoms with Crippen molar-refractivity contribution in [3.8, 4) is 5.75 Å². The Kier molecular flexibility index (Phi) is 7.38. The normalized spacial score (nSPS) is 10.1. The van der Waals surface area contributed by atoms with E-state index < -0.39 is 5.97 Å². The second kappa shape index (κ2) is 9.96. The summed E-state index contributed by atoms with van der Waals surface area (Å²) >= 11 is 0. The van der Waals surface area contributed by atoms with Gasteiger partial charge in [-0.05, 0) is 50.2 Å². The summed E-state index contributed by atoms with van der Waals surface area (Å²) in [4.78, 5) is 35.6. The van der Waals surface area contributed by atoms with Gasteiger partial charge in [0, 0.05) is 11.7 Å². The molecule has 2 rings (SSSR count). The zero-order valence-corrected chi connectivity index (χ0v) is 15.9. The van der Waals surface area contributed by atoms with E-state index in [1.165, 1.54) is 7.11 Å². The van der Waals surface area contributed by atoms with Gasteiger partial charge in [-0.15, -0.1) is 0 Å². The Morgan fingerprint density at radius 1 is 0.964 bits per heavy atom. The number of amides is 3. The monoisotopic (exact) mass is 385 g/mol. The van der Waals surface area contributed by atoms with Crippen LogP contribution in [0.4, 0.5) is 16.2 Å². The summed E-state index contributed by atoms with van der Waals surface area (Å²) in [5.74, 6) is -0.387. The molecule has 0 bridgehead atoms. The van der Waals surface area contributed by atoms with Gasteiger partial charge in [-0.3, -0.25) is 4.79 Å². The molecule has 0 aromatic heterocycles. The molecule has 8 nitrogen and oxygen atoms in total. The number of ether oxygens (including phenoxy) is 2. The first-order valence-corrected chi connectivity index (χ1v) is 8.66. The van der Waals surface area contributed by atoms with Crippen LogP contribution in [-0.4, -0.2) is 37.7 Å². The number of carbonyl (C=O) groups excluding carboxylic acids is 3. The molecule has 2 aromatic carbocycles. The third-order valence-electron chi connectivity index (χ3n) is 3.54. The maximum atomic E-state index is 12.6. The molecular weight excluding hydrogens is 362 g/mol. The van der Waals surface area contributed by atoms with Crippen LogP contribution < -0.4 is 20.7 Å². The third kappa shape index (κ3) is 6.31. The molecule has 0 aliphatic carbocycles. The molecule has 0 atom stereocenters. The van der Waals surface area contributed by atoms with E-state index in [4.69, 9.17) is 4.74 Å². The van der Waals surface area contributed by atoms with Crippen LogP contribution in [0.1, 0.15) is 24.2 Å². The molecule has 3 amide bonds. The molecular formula is C20H23N3O5. The standard InChI is InChI=1S/C20H23N3O5/c1-13(2)21-20(26)23-17-7-5-4-6-16(17)19(25)22-14-8-10-15(11-9-14)28-12-18(24)27-3/h4-11,13H,12H2,1-3H3,(H,22,25)(H2,21,23,26). The topological polar surface area (TPSA) is 106 Å². The van der Waals surface area contributed by atoms with E-state index in [-0.39, 0.29) is 24.6 Å². The highest BCUT2D eigenvalue weighted by Crippen LogP contribution is 2.19. The van der Waals surface area contributed by atoms with Gasteiger partial charge in [0.05, 0.1) is 18.4 Å². The molecule has 0 fully saturated rings. The molecule has 0 heterocycles. The van der Waals surface area contributed by atoms with Crippen molar-refractivity contribution in [3.63, 3.8) is 0 Å². The zero-order chi connectivity index (χ0) is 20.5. The molecule has 0 unspecified atom stereocenters. The molecule has 0 saturated carbocycles. The molecule has 8 heteroatoms. The summed E-state index contributed by atoms with van der Waals surface area (Å²) in [5, 5.41) is 8.14. The largest absolute Gasteiger partial charge is 0.482 e. The first kappa shape index (κ1) is 20.8. The molecule has 0 aliphatic heterocycles. The Balaban J connectivity index is 2.03. The predicted molar refractivity (Wildman–Crippen MR) is 106 cm³/mol. The summed E-state index contributed by atoms with van der Waals surface area (Å²) in [6, 6.07) is 12.8. The number of esters is 1. The van der Waals surface area contributed by atoms with Gasteiger partial charge >= 0.3 is 12.0 Å². The van der Waals surface area contributed by atoms with Crippen molar-refractivity contribution >= 4 is 29.3 Å². The molecule has 28 heavy (non-hydrogen) atoms. The fraction of sp³-hybridized carbons (Fsp3) is 0.250. The summed E-state index contributed by atoms with van der Waals surface area (Å²) in [5.41, 5.74) is 1.26. The minimum absolute atomic E-state index is 0.0269. The number of carbonyl (C=O) groups is 3. The van der Waals surface area contributed by atoms with Crippen LogP contribution in [-0.2, 0) is 9.53 Å². The highest BCUT2D eigenvalue weighted by molar-refractivity contribution is 6.10. The Labute approximate surface area is 163 Å². The van der Waals surface area contributed by atoms with Gasteiger partial charge < -0.3 is 25.4 Å². The minimum atomic E-state index is -0.483. The number of nitrogens with one attached hydrogen (secondary N) is 3. The van der Waals surface area contributed by atoms with Gasteiger partial charge in [0.15, 0.2) is 6.61 Å². The van der Waals surface area contributed by atoms with Gasteiger partial charge in [-0.25, -0.2) is 9.59 Å². The average Bonchev–Trinajstić information content (AvgIpc) is 2.66. The number of hydrogen-bond donors (Lipinski definition) is 3. The van der Waals surface area contributed by atoms with E-state index in [2.05, 4.69) is 20.7 Å². The van der Waals surface area contributed by atoms with Crippen molar-refractivity contribution in [1.29, 1.82) is 0 Å². The number of urea groups is 1. The average molecular weight is 385 g/mol. The van der Waals surface area contributed by atoms with Crippen LogP contribution in [0.5, 0.6) is 5.75 Å². The first-order valence-electron chi connectivity index (χ1n) is 8.66. The van der Waals surface area contributed by atoms with Crippen LogP contribution in [0, 0.1) is 0 Å². The van der Waals surface area contributed by atoms with Crippen LogP contribution in [0.3, 0.4) is 0 Å². The lowest BCUT2D eigenvalue weighted by Gasteiger charge is -2.13. The van der Waals surface area contributed by atoms with Crippen molar-refractivity contribution in [2.75, 3.05) is 24.4 Å². The predicted octanol–water partition coefficient (Wildman–Crippen LogP) is 3.02. The first-order chi connectivity index (χ1) is 13.4. The van der Waals surface area contributed by atoms with E-state index in [1.807, 2.05) is 13.8 Å². The third-order valence-corrected chi connectivity index (χ3v) is 3.54. The fourth-order valence-corrected chi connectivity index (χ4v) is 2.24. The van der Waals surface area contributed by atoms with Gasteiger partial charge in [0.2, 0.25) is 0 Å². The lowest BCUT2D eigenvalue weighted by Crippen LogP contribution is -2.34. The van der Waals surface area contributed by atoms with Crippen LogP contribution in [0.15, 0.2) is 48.5 Å². The maximum Gasteiger partial charge on any atom is 0.343 e. The number of para-hydroxylation sites is 1. The zero-order valence-electron chi connectivity index (χ0n) is 15.9. The van der Waals surface area contributed by atoms with Crippen LogP contribution >= 0.6 is 0 Å². The summed E-state index contributed by atoms with van der Waals surface area (Å²) in [6.07, 6.45) is 0. The smallest absolute Gasteiger partial charge is 0.343 e. The van der Waals surface area contributed by atoms with Crippen LogP contribution in [0.2, 0.25) is 0 Å². The van der Waals surface area contributed by atoms with Crippen molar-refractivity contribution in [1.82, 2.24) is 5.32 Å². The highest BCUT2D eigenvalue weighted by atomic mass is 16.6. The summed E-state index contributed by atoms with van der Waals surface area (Å²) in [7, 11) is 1.28. The molecule has 0 radical (unpaired) electrons. The van der Waals surface area contributed by atoms with E-state index in [9.17, 15) is 14.4 Å². The van der Waals surface area contributed by atoms with Crippen molar-refractivity contribution < 1.29 is 23.9 Å². The lowest BCUT2D eigenvalue weighted by atomic mass is 10.1. The number of rotatable bonds is 7. The Bertz CT molecular complexity index is 834. The van der Waals surface area contributed by atoms with E-state index >= 15 is 0 Å². The minimum Gasteiger partial charge on any atom is -0.482 e. The number of methoxy groups -OCH3 is 1. The SMILES string of the molecule is COC(=O)COc1ccc(NC(=O)c2ccccc2NC(=O)NC(C)C)cc1. The number of anilines is 2. The Hall–Kier alpha value is -3.55. The Morgan fingerprint density at radius 2 is 1.64 bits per heavy atom.